The largest absolute Gasteiger partial charge is 0.387 e. The van der Waals surface area contributed by atoms with E-state index in [9.17, 15) is 5.11 Å². The normalized spacial score (nSPS) is 51.0. The van der Waals surface area contributed by atoms with E-state index in [0.717, 1.165) is 19.4 Å². The maximum absolute atomic E-state index is 9.73. The molecule has 0 bridgehead atoms. The van der Waals surface area contributed by atoms with E-state index in [4.69, 9.17) is 4.74 Å². The molecule has 0 aromatic carbocycles. The maximum atomic E-state index is 9.73. The van der Waals surface area contributed by atoms with Crippen LogP contribution in [0.2, 0.25) is 0 Å². The summed E-state index contributed by atoms with van der Waals surface area (Å²) in [5.74, 6) is 0.573. The van der Waals surface area contributed by atoms with E-state index in [1.165, 1.54) is 6.42 Å². The molecule has 2 rings (SSSR count). The molecule has 1 N–H and O–H groups in total. The molecule has 0 saturated heterocycles. The summed E-state index contributed by atoms with van der Waals surface area (Å²) in [6.07, 6.45) is 3.37. The summed E-state index contributed by atoms with van der Waals surface area (Å²) >= 11 is 0. The summed E-state index contributed by atoms with van der Waals surface area (Å²) < 4.78 is 5.41. The summed E-state index contributed by atoms with van der Waals surface area (Å²) in [4.78, 5) is 0. The fourth-order valence-corrected chi connectivity index (χ4v) is 2.11. The van der Waals surface area contributed by atoms with Crippen molar-refractivity contribution >= 4 is 0 Å². The minimum atomic E-state index is -0.393. The Morgan fingerprint density at radius 1 is 1.60 bits per heavy atom. The van der Waals surface area contributed by atoms with E-state index in [-0.39, 0.29) is 6.10 Å². The molecule has 0 aliphatic heterocycles. The van der Waals surface area contributed by atoms with Crippen molar-refractivity contribution in [3.05, 3.63) is 0 Å². The molecule has 0 amide bonds. The topological polar surface area (TPSA) is 29.5 Å². The molecule has 10 heavy (non-hydrogen) atoms. The summed E-state index contributed by atoms with van der Waals surface area (Å²) in [6, 6.07) is 0. The van der Waals surface area contributed by atoms with Gasteiger partial charge >= 0.3 is 0 Å². The summed E-state index contributed by atoms with van der Waals surface area (Å²) in [5.41, 5.74) is -0.393. The average molecular weight is 142 g/mol. The number of fused-ring (bicyclic) bond motifs is 1. The number of rotatable bonds is 2. The Kier molecular flexibility index (Phi) is 1.29. The van der Waals surface area contributed by atoms with Gasteiger partial charge in [0.25, 0.3) is 0 Å². The van der Waals surface area contributed by atoms with Crippen LogP contribution in [0, 0.1) is 5.92 Å². The van der Waals surface area contributed by atoms with Crippen molar-refractivity contribution in [1.29, 1.82) is 0 Å². The highest BCUT2D eigenvalue weighted by atomic mass is 16.5. The van der Waals surface area contributed by atoms with E-state index in [2.05, 4.69) is 0 Å². The molecule has 2 fully saturated rings. The van der Waals surface area contributed by atoms with Gasteiger partial charge in [-0.25, -0.2) is 0 Å². The fourth-order valence-electron chi connectivity index (χ4n) is 2.11. The van der Waals surface area contributed by atoms with Gasteiger partial charge in [0, 0.05) is 6.61 Å². The molecule has 58 valence electrons. The minimum absolute atomic E-state index is 0.155. The highest BCUT2D eigenvalue weighted by molar-refractivity contribution is 5.13. The molecule has 3 unspecified atom stereocenters. The monoisotopic (exact) mass is 142 g/mol. The van der Waals surface area contributed by atoms with Crippen LogP contribution in [0.1, 0.15) is 26.2 Å². The second-order valence-electron chi connectivity index (χ2n) is 3.41. The van der Waals surface area contributed by atoms with Crippen molar-refractivity contribution in [2.24, 2.45) is 5.92 Å². The standard InChI is InChI=1S/C8H14O2/c1-2-10-7-4-3-6-5-8(6,7)9/h6-7,9H,2-5H2,1H3. The highest BCUT2D eigenvalue weighted by Crippen LogP contribution is 2.56. The van der Waals surface area contributed by atoms with Crippen LogP contribution in [0.5, 0.6) is 0 Å². The Balaban J connectivity index is 1.97. The molecule has 0 radical (unpaired) electrons. The Morgan fingerprint density at radius 2 is 2.40 bits per heavy atom. The van der Waals surface area contributed by atoms with Gasteiger partial charge in [-0.2, -0.15) is 0 Å². The number of hydrogen-bond donors (Lipinski definition) is 1. The SMILES string of the molecule is CCOC1CCC2CC21O. The van der Waals surface area contributed by atoms with Gasteiger partial charge in [-0.05, 0) is 32.1 Å². The Hall–Kier alpha value is -0.0800. The highest BCUT2D eigenvalue weighted by Gasteiger charge is 2.62. The molecular formula is C8H14O2. The van der Waals surface area contributed by atoms with Gasteiger partial charge in [0.15, 0.2) is 0 Å². The van der Waals surface area contributed by atoms with E-state index < -0.39 is 5.60 Å². The van der Waals surface area contributed by atoms with Crippen molar-refractivity contribution in [3.8, 4) is 0 Å². The molecular weight excluding hydrogens is 128 g/mol. The number of aliphatic hydroxyl groups is 1. The van der Waals surface area contributed by atoms with Crippen LogP contribution in [-0.4, -0.2) is 23.4 Å². The van der Waals surface area contributed by atoms with E-state index in [1.54, 1.807) is 0 Å². The van der Waals surface area contributed by atoms with Gasteiger partial charge in [0.05, 0.1) is 11.7 Å². The summed E-state index contributed by atoms with van der Waals surface area (Å²) in [7, 11) is 0. The molecule has 0 aromatic heterocycles. The summed E-state index contributed by atoms with van der Waals surface area (Å²) in [6.45, 7) is 2.72. The van der Waals surface area contributed by atoms with Crippen LogP contribution in [0.4, 0.5) is 0 Å². The smallest absolute Gasteiger partial charge is 0.0940 e. The summed E-state index contributed by atoms with van der Waals surface area (Å²) in [5, 5.41) is 9.73. The van der Waals surface area contributed by atoms with Crippen molar-refractivity contribution in [3.63, 3.8) is 0 Å². The Labute approximate surface area is 61.2 Å². The zero-order chi connectivity index (χ0) is 7.19. The first-order valence-corrected chi connectivity index (χ1v) is 4.11. The Morgan fingerprint density at radius 3 is 2.80 bits per heavy atom. The second-order valence-corrected chi connectivity index (χ2v) is 3.41. The lowest BCUT2D eigenvalue weighted by Crippen LogP contribution is -2.28. The van der Waals surface area contributed by atoms with Gasteiger partial charge in [-0.3, -0.25) is 0 Å². The van der Waals surface area contributed by atoms with Crippen molar-refractivity contribution < 1.29 is 9.84 Å². The van der Waals surface area contributed by atoms with E-state index in [0.29, 0.717) is 5.92 Å². The first-order chi connectivity index (χ1) is 4.77. The first-order valence-electron chi connectivity index (χ1n) is 4.11. The molecule has 0 heterocycles. The van der Waals surface area contributed by atoms with Crippen LogP contribution < -0.4 is 0 Å². The Bertz CT molecular complexity index is 144. The zero-order valence-corrected chi connectivity index (χ0v) is 6.34. The third-order valence-electron chi connectivity index (χ3n) is 2.82. The van der Waals surface area contributed by atoms with Gasteiger partial charge in [0.2, 0.25) is 0 Å². The first kappa shape index (κ1) is 6.62. The lowest BCUT2D eigenvalue weighted by molar-refractivity contribution is -0.0393. The van der Waals surface area contributed by atoms with Crippen molar-refractivity contribution in [1.82, 2.24) is 0 Å². The van der Waals surface area contributed by atoms with Crippen LogP contribution in [-0.2, 0) is 4.74 Å². The zero-order valence-electron chi connectivity index (χ0n) is 6.34. The number of ether oxygens (including phenoxy) is 1. The fraction of sp³-hybridized carbons (Fsp3) is 1.00. The molecule has 0 aromatic rings. The lowest BCUT2D eigenvalue weighted by atomic mass is 10.2. The predicted octanol–water partition coefficient (Wildman–Crippen LogP) is 0.936. The van der Waals surface area contributed by atoms with Crippen molar-refractivity contribution in [2.45, 2.75) is 37.9 Å². The van der Waals surface area contributed by atoms with Crippen LogP contribution in [0.15, 0.2) is 0 Å². The van der Waals surface area contributed by atoms with Gasteiger partial charge in [-0.15, -0.1) is 0 Å². The van der Waals surface area contributed by atoms with Gasteiger partial charge in [-0.1, -0.05) is 0 Å². The predicted molar refractivity (Wildman–Crippen MR) is 37.7 cm³/mol. The second kappa shape index (κ2) is 1.95. The molecule has 2 heteroatoms. The van der Waals surface area contributed by atoms with Crippen molar-refractivity contribution in [2.75, 3.05) is 6.61 Å². The lowest BCUT2D eigenvalue weighted by Gasteiger charge is -2.17. The molecule has 2 aliphatic rings. The maximum Gasteiger partial charge on any atom is 0.0940 e. The van der Waals surface area contributed by atoms with Gasteiger partial charge < -0.3 is 9.84 Å². The molecule has 2 aliphatic carbocycles. The quantitative estimate of drug-likeness (QED) is 0.621. The average Bonchev–Trinajstić information content (AvgIpc) is 2.48. The van der Waals surface area contributed by atoms with Crippen LogP contribution in [0.25, 0.3) is 0 Å². The molecule has 0 spiro atoms. The molecule has 2 saturated carbocycles. The van der Waals surface area contributed by atoms with Crippen LogP contribution in [0.3, 0.4) is 0 Å². The third-order valence-corrected chi connectivity index (χ3v) is 2.82. The van der Waals surface area contributed by atoms with Gasteiger partial charge in [0.1, 0.15) is 0 Å². The number of hydrogen-bond acceptors (Lipinski definition) is 2. The van der Waals surface area contributed by atoms with E-state index >= 15 is 0 Å². The molecule has 3 atom stereocenters. The third kappa shape index (κ3) is 0.722. The molecule has 2 nitrogen and oxygen atoms in total. The minimum Gasteiger partial charge on any atom is -0.387 e. The van der Waals surface area contributed by atoms with E-state index in [1.807, 2.05) is 6.92 Å². The van der Waals surface area contributed by atoms with Crippen LogP contribution >= 0.6 is 0 Å².